The van der Waals surface area contributed by atoms with E-state index in [9.17, 15) is 9.59 Å². The van der Waals surface area contributed by atoms with Gasteiger partial charge in [-0.25, -0.2) is 9.59 Å². The summed E-state index contributed by atoms with van der Waals surface area (Å²) >= 11 is 0. The molecule has 0 aliphatic rings. The maximum atomic E-state index is 10.8. The molecular formula is C14H24O5. The van der Waals surface area contributed by atoms with E-state index in [-0.39, 0.29) is 25.3 Å². The highest BCUT2D eigenvalue weighted by Gasteiger charge is 2.06. The van der Waals surface area contributed by atoms with Crippen LogP contribution in [0.4, 0.5) is 0 Å². The fraction of sp³-hybridized carbons (Fsp3) is 0.571. The van der Waals surface area contributed by atoms with E-state index in [1.165, 1.54) is 0 Å². The van der Waals surface area contributed by atoms with Gasteiger partial charge in [-0.2, -0.15) is 0 Å². The van der Waals surface area contributed by atoms with Gasteiger partial charge in [-0.1, -0.05) is 20.1 Å². The van der Waals surface area contributed by atoms with Crippen molar-refractivity contribution < 1.29 is 24.2 Å². The molecule has 0 aromatic carbocycles. The normalized spacial score (nSPS) is 10.6. The molecule has 0 aromatic heterocycles. The van der Waals surface area contributed by atoms with Gasteiger partial charge in [0.15, 0.2) is 0 Å². The van der Waals surface area contributed by atoms with Crippen molar-refractivity contribution in [1.82, 2.24) is 0 Å². The minimum atomic E-state index is -0.455. The second kappa shape index (κ2) is 11.5. The maximum absolute atomic E-state index is 10.8. The summed E-state index contributed by atoms with van der Waals surface area (Å²) in [5.41, 5.74) is 0.809. The molecule has 0 bridgehead atoms. The molecule has 0 spiro atoms. The Kier molecular flexibility index (Phi) is 11.9. The second-order valence-electron chi connectivity index (χ2n) is 4.04. The van der Waals surface area contributed by atoms with Crippen molar-refractivity contribution in [2.24, 2.45) is 0 Å². The lowest BCUT2D eigenvalue weighted by atomic mass is 10.3. The monoisotopic (exact) mass is 272 g/mol. The van der Waals surface area contributed by atoms with Gasteiger partial charge >= 0.3 is 11.9 Å². The zero-order chi connectivity index (χ0) is 15.4. The van der Waals surface area contributed by atoms with Crippen LogP contribution in [-0.4, -0.2) is 36.4 Å². The van der Waals surface area contributed by atoms with Crippen LogP contribution in [0.15, 0.2) is 24.3 Å². The molecule has 0 aromatic rings. The molecule has 0 saturated heterocycles. The first-order valence-corrected chi connectivity index (χ1v) is 6.06. The first-order chi connectivity index (χ1) is 8.76. The molecule has 0 heterocycles. The van der Waals surface area contributed by atoms with Gasteiger partial charge in [-0.15, -0.1) is 0 Å². The molecule has 0 aliphatic heterocycles. The maximum Gasteiger partial charge on any atom is 0.333 e. The van der Waals surface area contributed by atoms with Gasteiger partial charge in [0.2, 0.25) is 0 Å². The largest absolute Gasteiger partial charge is 0.460 e. The minimum absolute atomic E-state index is 0.00389. The van der Waals surface area contributed by atoms with Crippen LogP contribution in [0.3, 0.4) is 0 Å². The fourth-order valence-electron chi connectivity index (χ4n) is 0.628. The summed E-state index contributed by atoms with van der Waals surface area (Å²) in [6.45, 7) is 13.8. The molecular weight excluding hydrogens is 248 g/mol. The van der Waals surface area contributed by atoms with E-state index >= 15 is 0 Å². The molecule has 0 saturated carbocycles. The van der Waals surface area contributed by atoms with Gasteiger partial charge in [0.1, 0.15) is 6.61 Å². The standard InChI is InChI=1S/C8H14O2.C6H10O3/c1-5-7(4)10-8(9)6(2)3;1-5(2)6(8)9-4-3-7/h7H,2,5H2,1,3-4H3;7H,1,3-4H2,2H3. The average molecular weight is 272 g/mol. The topological polar surface area (TPSA) is 72.8 Å². The van der Waals surface area contributed by atoms with Crippen LogP contribution in [0.25, 0.3) is 0 Å². The predicted octanol–water partition coefficient (Wildman–Crippen LogP) is 2.00. The first-order valence-electron chi connectivity index (χ1n) is 6.06. The molecule has 1 N–H and O–H groups in total. The Hall–Kier alpha value is -1.62. The van der Waals surface area contributed by atoms with Gasteiger partial charge in [0.05, 0.1) is 12.7 Å². The molecule has 110 valence electrons. The zero-order valence-electron chi connectivity index (χ0n) is 12.2. The van der Waals surface area contributed by atoms with E-state index in [1.807, 2.05) is 13.8 Å². The summed E-state index contributed by atoms with van der Waals surface area (Å²) in [6.07, 6.45) is 0.850. The third-order valence-corrected chi connectivity index (χ3v) is 1.90. The fourth-order valence-corrected chi connectivity index (χ4v) is 0.628. The molecule has 0 aliphatic carbocycles. The number of rotatable bonds is 6. The highest BCUT2D eigenvalue weighted by molar-refractivity contribution is 5.87. The molecule has 5 nitrogen and oxygen atoms in total. The van der Waals surface area contributed by atoms with E-state index in [2.05, 4.69) is 17.9 Å². The molecule has 0 radical (unpaired) electrons. The van der Waals surface area contributed by atoms with E-state index in [0.717, 1.165) is 6.42 Å². The highest BCUT2D eigenvalue weighted by atomic mass is 16.5. The number of ether oxygens (including phenoxy) is 2. The molecule has 5 heteroatoms. The van der Waals surface area contributed by atoms with Crippen LogP contribution in [-0.2, 0) is 19.1 Å². The van der Waals surface area contributed by atoms with E-state index < -0.39 is 5.97 Å². The Morgan fingerprint density at radius 3 is 1.95 bits per heavy atom. The molecule has 0 rings (SSSR count). The SMILES string of the molecule is C=C(C)C(=O)OC(C)CC.C=C(C)C(=O)OCCO. The summed E-state index contributed by atoms with van der Waals surface area (Å²) in [4.78, 5) is 21.3. The summed E-state index contributed by atoms with van der Waals surface area (Å²) in [5.74, 6) is -0.751. The lowest BCUT2D eigenvalue weighted by molar-refractivity contribution is -0.143. The lowest BCUT2D eigenvalue weighted by Gasteiger charge is -2.09. The highest BCUT2D eigenvalue weighted by Crippen LogP contribution is 2.00. The van der Waals surface area contributed by atoms with Gasteiger partial charge in [-0.3, -0.25) is 0 Å². The first kappa shape index (κ1) is 19.7. The van der Waals surface area contributed by atoms with Crippen molar-refractivity contribution in [1.29, 1.82) is 0 Å². The number of aliphatic hydroxyl groups is 1. The van der Waals surface area contributed by atoms with Gasteiger partial charge in [0.25, 0.3) is 0 Å². The summed E-state index contributed by atoms with van der Waals surface area (Å²) < 4.78 is 9.39. The van der Waals surface area contributed by atoms with Crippen LogP contribution in [0.2, 0.25) is 0 Å². The molecule has 1 atom stereocenters. The van der Waals surface area contributed by atoms with Crippen LogP contribution in [0.1, 0.15) is 34.1 Å². The van der Waals surface area contributed by atoms with Crippen LogP contribution < -0.4 is 0 Å². The number of carbonyl (C=O) groups excluding carboxylic acids is 2. The third kappa shape index (κ3) is 12.6. The Morgan fingerprint density at radius 1 is 1.16 bits per heavy atom. The zero-order valence-corrected chi connectivity index (χ0v) is 12.2. The van der Waals surface area contributed by atoms with Crippen molar-refractivity contribution in [3.05, 3.63) is 24.3 Å². The number of carbonyl (C=O) groups is 2. The minimum Gasteiger partial charge on any atom is -0.460 e. The van der Waals surface area contributed by atoms with Crippen LogP contribution >= 0.6 is 0 Å². The number of hydrogen-bond donors (Lipinski definition) is 1. The number of hydrogen-bond acceptors (Lipinski definition) is 5. The van der Waals surface area contributed by atoms with E-state index in [4.69, 9.17) is 9.84 Å². The summed E-state index contributed by atoms with van der Waals surface area (Å²) in [5, 5.41) is 8.19. The number of esters is 2. The van der Waals surface area contributed by atoms with Crippen LogP contribution in [0, 0.1) is 0 Å². The summed E-state index contributed by atoms with van der Waals surface area (Å²) in [7, 11) is 0. The second-order valence-corrected chi connectivity index (χ2v) is 4.04. The number of aliphatic hydroxyl groups excluding tert-OH is 1. The molecule has 19 heavy (non-hydrogen) atoms. The van der Waals surface area contributed by atoms with E-state index in [1.54, 1.807) is 13.8 Å². The van der Waals surface area contributed by atoms with Gasteiger partial charge in [-0.05, 0) is 27.2 Å². The van der Waals surface area contributed by atoms with Gasteiger partial charge < -0.3 is 14.6 Å². The predicted molar refractivity (Wildman–Crippen MR) is 73.5 cm³/mol. The Labute approximate surface area is 114 Å². The van der Waals surface area contributed by atoms with Crippen molar-refractivity contribution in [3.63, 3.8) is 0 Å². The third-order valence-electron chi connectivity index (χ3n) is 1.90. The smallest absolute Gasteiger partial charge is 0.333 e. The molecule has 0 fully saturated rings. The van der Waals surface area contributed by atoms with Crippen molar-refractivity contribution >= 4 is 11.9 Å². The lowest BCUT2D eigenvalue weighted by Crippen LogP contribution is -2.13. The Morgan fingerprint density at radius 2 is 1.63 bits per heavy atom. The average Bonchev–Trinajstić information content (AvgIpc) is 2.35. The quantitative estimate of drug-likeness (QED) is 0.591. The Balaban J connectivity index is 0. The molecule has 0 amide bonds. The van der Waals surface area contributed by atoms with Gasteiger partial charge in [0, 0.05) is 11.1 Å². The molecule has 1 unspecified atom stereocenters. The van der Waals surface area contributed by atoms with E-state index in [0.29, 0.717) is 11.1 Å². The summed E-state index contributed by atoms with van der Waals surface area (Å²) in [6, 6.07) is 0. The van der Waals surface area contributed by atoms with Crippen molar-refractivity contribution in [2.75, 3.05) is 13.2 Å². The van der Waals surface area contributed by atoms with Crippen LogP contribution in [0.5, 0.6) is 0 Å². The van der Waals surface area contributed by atoms with Crippen molar-refractivity contribution in [3.8, 4) is 0 Å². The van der Waals surface area contributed by atoms with Crippen molar-refractivity contribution in [2.45, 2.75) is 40.2 Å². The Bertz CT molecular complexity index is 320.